The molecule has 1 N–H and O–H groups in total. The number of halogens is 1. The maximum atomic E-state index is 12.4. The summed E-state index contributed by atoms with van der Waals surface area (Å²) >= 11 is 5.97. The fraction of sp³-hybridized carbons (Fsp3) is 0.364. The zero-order valence-corrected chi connectivity index (χ0v) is 17.3. The van der Waals surface area contributed by atoms with Gasteiger partial charge in [0.15, 0.2) is 6.61 Å². The number of anilines is 1. The monoisotopic (exact) mass is 415 g/mol. The predicted octanol–water partition coefficient (Wildman–Crippen LogP) is 2.88. The summed E-state index contributed by atoms with van der Waals surface area (Å²) in [4.78, 5) is 28.5. The van der Waals surface area contributed by atoms with Crippen molar-refractivity contribution in [2.45, 2.75) is 13.3 Å². The molecule has 1 aliphatic heterocycles. The molecule has 1 heterocycles. The Kier molecular flexibility index (Phi) is 7.36. The number of piperazine rings is 1. The van der Waals surface area contributed by atoms with E-state index in [2.05, 4.69) is 22.3 Å². The lowest BCUT2D eigenvalue weighted by molar-refractivity contribution is -0.131. The van der Waals surface area contributed by atoms with Gasteiger partial charge in [-0.15, -0.1) is 0 Å². The smallest absolute Gasteiger partial charge is 0.257 e. The van der Waals surface area contributed by atoms with E-state index in [1.807, 2.05) is 30.0 Å². The largest absolute Gasteiger partial charge is 0.484 e. The SMILES string of the molecule is Cc1cc(OCC(=O)NCCC(=O)N2CCN(c3ccccc3)CC2)ccc1Cl. The third-order valence-corrected chi connectivity index (χ3v) is 5.34. The fourth-order valence-corrected chi connectivity index (χ4v) is 3.34. The van der Waals surface area contributed by atoms with Crippen LogP contribution in [0.15, 0.2) is 48.5 Å². The van der Waals surface area contributed by atoms with E-state index in [4.69, 9.17) is 16.3 Å². The van der Waals surface area contributed by atoms with Gasteiger partial charge in [0.25, 0.3) is 5.91 Å². The van der Waals surface area contributed by atoms with E-state index in [1.165, 1.54) is 5.69 Å². The molecule has 2 aromatic carbocycles. The molecule has 2 aromatic rings. The molecule has 0 unspecified atom stereocenters. The Labute approximate surface area is 176 Å². The summed E-state index contributed by atoms with van der Waals surface area (Å²) in [5, 5.41) is 3.39. The van der Waals surface area contributed by atoms with Gasteiger partial charge in [-0.2, -0.15) is 0 Å². The summed E-state index contributed by atoms with van der Waals surface area (Å²) in [5.41, 5.74) is 2.07. The van der Waals surface area contributed by atoms with Crippen LogP contribution in [0.4, 0.5) is 5.69 Å². The Morgan fingerprint density at radius 1 is 1.07 bits per heavy atom. The molecular weight excluding hydrogens is 390 g/mol. The first kappa shape index (κ1) is 21.0. The second-order valence-corrected chi connectivity index (χ2v) is 7.41. The number of ether oxygens (including phenoxy) is 1. The van der Waals surface area contributed by atoms with Crippen LogP contribution in [-0.2, 0) is 9.59 Å². The minimum Gasteiger partial charge on any atom is -0.484 e. The van der Waals surface area contributed by atoms with Crippen molar-refractivity contribution in [3.05, 3.63) is 59.1 Å². The van der Waals surface area contributed by atoms with E-state index in [9.17, 15) is 9.59 Å². The lowest BCUT2D eigenvalue weighted by Crippen LogP contribution is -2.49. The first-order valence-electron chi connectivity index (χ1n) is 9.76. The first-order valence-corrected chi connectivity index (χ1v) is 10.1. The van der Waals surface area contributed by atoms with E-state index in [0.29, 0.717) is 30.4 Å². The normalized spacial score (nSPS) is 13.9. The molecule has 1 saturated heterocycles. The molecule has 0 aliphatic carbocycles. The van der Waals surface area contributed by atoms with Crippen LogP contribution in [0.3, 0.4) is 0 Å². The Morgan fingerprint density at radius 3 is 2.48 bits per heavy atom. The van der Waals surface area contributed by atoms with Crippen LogP contribution in [0, 0.1) is 6.92 Å². The van der Waals surface area contributed by atoms with E-state index >= 15 is 0 Å². The average molecular weight is 416 g/mol. The van der Waals surface area contributed by atoms with Crippen LogP contribution in [0.1, 0.15) is 12.0 Å². The van der Waals surface area contributed by atoms with Gasteiger partial charge < -0.3 is 19.9 Å². The second kappa shape index (κ2) is 10.2. The lowest BCUT2D eigenvalue weighted by atomic mass is 10.2. The number of rotatable bonds is 7. The number of hydrogen-bond acceptors (Lipinski definition) is 4. The summed E-state index contributed by atoms with van der Waals surface area (Å²) in [6, 6.07) is 15.5. The van der Waals surface area contributed by atoms with E-state index in [-0.39, 0.29) is 24.8 Å². The van der Waals surface area contributed by atoms with Crippen molar-refractivity contribution < 1.29 is 14.3 Å². The van der Waals surface area contributed by atoms with Gasteiger partial charge in [0, 0.05) is 49.9 Å². The highest BCUT2D eigenvalue weighted by Gasteiger charge is 2.21. The fourth-order valence-electron chi connectivity index (χ4n) is 3.23. The van der Waals surface area contributed by atoms with Crippen LogP contribution in [0.25, 0.3) is 0 Å². The topological polar surface area (TPSA) is 61.9 Å². The van der Waals surface area contributed by atoms with Crippen molar-refractivity contribution in [3.8, 4) is 5.75 Å². The number of benzene rings is 2. The number of aryl methyl sites for hydroxylation is 1. The molecule has 0 atom stereocenters. The summed E-state index contributed by atoms with van der Waals surface area (Å²) in [7, 11) is 0. The van der Waals surface area contributed by atoms with Gasteiger partial charge in [-0.1, -0.05) is 29.8 Å². The number of para-hydroxylation sites is 1. The lowest BCUT2D eigenvalue weighted by Gasteiger charge is -2.36. The van der Waals surface area contributed by atoms with Crippen LogP contribution < -0.4 is 15.0 Å². The Balaban J connectivity index is 1.33. The summed E-state index contributed by atoms with van der Waals surface area (Å²) in [5.74, 6) is 0.404. The van der Waals surface area contributed by atoms with Crippen molar-refractivity contribution in [2.75, 3.05) is 44.2 Å². The standard InChI is InChI=1S/C22H26ClN3O3/c1-17-15-19(7-8-20(17)23)29-16-21(27)24-10-9-22(28)26-13-11-25(12-14-26)18-5-3-2-4-6-18/h2-8,15H,9-14,16H2,1H3,(H,24,27). The Hall–Kier alpha value is -2.73. The van der Waals surface area contributed by atoms with Crippen LogP contribution in [0.5, 0.6) is 5.75 Å². The summed E-state index contributed by atoms with van der Waals surface area (Å²) in [6.45, 7) is 5.11. The zero-order valence-electron chi connectivity index (χ0n) is 16.6. The van der Waals surface area contributed by atoms with Gasteiger partial charge in [-0.25, -0.2) is 0 Å². The molecule has 0 aromatic heterocycles. The van der Waals surface area contributed by atoms with Gasteiger partial charge in [0.05, 0.1) is 0 Å². The Bertz CT molecular complexity index is 836. The molecule has 29 heavy (non-hydrogen) atoms. The van der Waals surface area contributed by atoms with E-state index < -0.39 is 0 Å². The number of carbonyl (C=O) groups excluding carboxylic acids is 2. The van der Waals surface area contributed by atoms with Gasteiger partial charge in [0.2, 0.25) is 5.91 Å². The Morgan fingerprint density at radius 2 is 1.79 bits per heavy atom. The molecule has 2 amide bonds. The van der Waals surface area contributed by atoms with Gasteiger partial charge in [-0.3, -0.25) is 9.59 Å². The maximum absolute atomic E-state index is 12.4. The maximum Gasteiger partial charge on any atom is 0.257 e. The van der Waals surface area contributed by atoms with Crippen molar-refractivity contribution in [1.29, 1.82) is 0 Å². The highest BCUT2D eigenvalue weighted by Crippen LogP contribution is 2.21. The number of hydrogen-bond donors (Lipinski definition) is 1. The third kappa shape index (κ3) is 6.12. The molecule has 1 fully saturated rings. The molecule has 0 radical (unpaired) electrons. The van der Waals surface area contributed by atoms with Gasteiger partial charge in [0.1, 0.15) is 5.75 Å². The van der Waals surface area contributed by atoms with Crippen molar-refractivity contribution >= 4 is 29.1 Å². The van der Waals surface area contributed by atoms with Crippen molar-refractivity contribution in [1.82, 2.24) is 10.2 Å². The second-order valence-electron chi connectivity index (χ2n) is 7.00. The summed E-state index contributed by atoms with van der Waals surface area (Å²) < 4.78 is 5.46. The molecule has 0 saturated carbocycles. The summed E-state index contributed by atoms with van der Waals surface area (Å²) in [6.07, 6.45) is 0.289. The molecule has 0 spiro atoms. The van der Waals surface area contributed by atoms with E-state index in [0.717, 1.165) is 18.7 Å². The number of carbonyl (C=O) groups is 2. The molecule has 1 aliphatic rings. The third-order valence-electron chi connectivity index (χ3n) is 4.91. The van der Waals surface area contributed by atoms with Crippen molar-refractivity contribution in [2.24, 2.45) is 0 Å². The predicted molar refractivity (Wildman–Crippen MR) is 115 cm³/mol. The molecule has 3 rings (SSSR count). The molecular formula is C22H26ClN3O3. The van der Waals surface area contributed by atoms with Crippen LogP contribution >= 0.6 is 11.6 Å². The number of amides is 2. The zero-order chi connectivity index (χ0) is 20.6. The first-order chi connectivity index (χ1) is 14.0. The molecule has 6 nitrogen and oxygen atoms in total. The number of nitrogens with one attached hydrogen (secondary N) is 1. The molecule has 0 bridgehead atoms. The minimum absolute atomic E-state index is 0.0623. The molecule has 7 heteroatoms. The van der Waals surface area contributed by atoms with Crippen LogP contribution in [0.2, 0.25) is 5.02 Å². The molecule has 154 valence electrons. The average Bonchev–Trinajstić information content (AvgIpc) is 2.75. The van der Waals surface area contributed by atoms with Gasteiger partial charge in [-0.05, 0) is 42.8 Å². The van der Waals surface area contributed by atoms with Crippen LogP contribution in [-0.4, -0.2) is 56.0 Å². The number of nitrogens with zero attached hydrogens (tertiary/aromatic N) is 2. The van der Waals surface area contributed by atoms with E-state index in [1.54, 1.807) is 18.2 Å². The highest BCUT2D eigenvalue weighted by molar-refractivity contribution is 6.31. The highest BCUT2D eigenvalue weighted by atomic mass is 35.5. The van der Waals surface area contributed by atoms with Crippen molar-refractivity contribution in [3.63, 3.8) is 0 Å². The minimum atomic E-state index is -0.251. The van der Waals surface area contributed by atoms with Gasteiger partial charge >= 0.3 is 0 Å². The quantitative estimate of drug-likeness (QED) is 0.755.